The third-order valence-corrected chi connectivity index (χ3v) is 9.09. The number of ether oxygens (including phenoxy) is 1. The molecular formula is C25H33F2N3O6S2. The Kier molecular flexibility index (Phi) is 9.39. The van der Waals surface area contributed by atoms with Crippen LogP contribution in [0.3, 0.4) is 0 Å². The van der Waals surface area contributed by atoms with Crippen LogP contribution in [0.2, 0.25) is 0 Å². The first-order valence-electron chi connectivity index (χ1n) is 12.0. The molecule has 0 spiro atoms. The summed E-state index contributed by atoms with van der Waals surface area (Å²) in [5, 5.41) is 11.3. The number of carboxylic acids is 1. The molecule has 0 radical (unpaired) electrons. The summed E-state index contributed by atoms with van der Waals surface area (Å²) in [5.74, 6) is -2.87. The number of benzene rings is 2. The molecule has 1 atom stereocenters. The summed E-state index contributed by atoms with van der Waals surface area (Å²) < 4.78 is 64.9. The molecule has 1 aliphatic rings. The maximum atomic E-state index is 14.8. The summed E-state index contributed by atoms with van der Waals surface area (Å²) in [6.45, 7) is 2.06. The van der Waals surface area contributed by atoms with Crippen LogP contribution in [0.1, 0.15) is 36.9 Å². The Morgan fingerprint density at radius 2 is 1.79 bits per heavy atom. The maximum absolute atomic E-state index is 14.8. The van der Waals surface area contributed by atoms with Gasteiger partial charge in [-0.1, -0.05) is 6.07 Å². The molecule has 2 aromatic rings. The summed E-state index contributed by atoms with van der Waals surface area (Å²) in [7, 11) is -5.95. The molecule has 38 heavy (non-hydrogen) atoms. The molecule has 0 aliphatic carbocycles. The lowest BCUT2D eigenvalue weighted by atomic mass is 9.93. The number of anilines is 1. The van der Waals surface area contributed by atoms with Crippen molar-refractivity contribution in [2.24, 2.45) is 0 Å². The number of fused-ring (bicyclic) bond motifs is 1. The second-order valence-corrected chi connectivity index (χ2v) is 15.3. The third-order valence-electron chi connectivity index (χ3n) is 5.90. The molecule has 9 nitrogen and oxygen atoms in total. The number of hydrogen-bond acceptors (Lipinski definition) is 5. The zero-order chi connectivity index (χ0) is 28.3. The van der Waals surface area contributed by atoms with Crippen LogP contribution in [0, 0.1) is 11.6 Å². The SMILES string of the molecule is CCOc1ccc2c(c1)CCN(S(=O)(=O)NCCCC(=O)O)[C@H]2C(=O)Nc1cc(F)c(S(C)(C)C)c(F)c1. The van der Waals surface area contributed by atoms with Crippen molar-refractivity contribution in [1.29, 1.82) is 0 Å². The number of carboxylic acid groups (broad SMARTS) is 1. The Morgan fingerprint density at radius 3 is 2.37 bits per heavy atom. The van der Waals surface area contributed by atoms with Gasteiger partial charge in [0.2, 0.25) is 5.91 Å². The van der Waals surface area contributed by atoms with Gasteiger partial charge in [-0.05, 0) is 73.9 Å². The minimum Gasteiger partial charge on any atom is -0.494 e. The quantitative estimate of drug-likeness (QED) is 0.353. The fourth-order valence-electron chi connectivity index (χ4n) is 4.32. The first-order valence-corrected chi connectivity index (χ1v) is 16.3. The second-order valence-electron chi connectivity index (χ2n) is 9.55. The van der Waals surface area contributed by atoms with E-state index in [4.69, 9.17) is 9.84 Å². The van der Waals surface area contributed by atoms with Crippen LogP contribution in [-0.4, -0.2) is 68.2 Å². The number of carbonyl (C=O) groups excluding carboxylic acids is 1. The van der Waals surface area contributed by atoms with Gasteiger partial charge in [0.05, 0.1) is 11.5 Å². The van der Waals surface area contributed by atoms with Gasteiger partial charge in [-0.3, -0.25) is 9.59 Å². The Balaban J connectivity index is 1.96. The van der Waals surface area contributed by atoms with Crippen molar-refractivity contribution in [3.8, 4) is 5.75 Å². The zero-order valence-electron chi connectivity index (χ0n) is 21.7. The predicted octanol–water partition coefficient (Wildman–Crippen LogP) is 3.65. The monoisotopic (exact) mass is 573 g/mol. The average Bonchev–Trinajstić information content (AvgIpc) is 2.79. The lowest BCUT2D eigenvalue weighted by Crippen LogP contribution is -2.49. The number of amides is 1. The van der Waals surface area contributed by atoms with Crippen molar-refractivity contribution in [3.05, 3.63) is 53.1 Å². The maximum Gasteiger partial charge on any atom is 0.303 e. The first-order chi connectivity index (χ1) is 17.7. The Labute approximate surface area is 223 Å². The summed E-state index contributed by atoms with van der Waals surface area (Å²) in [6, 6.07) is 5.68. The van der Waals surface area contributed by atoms with Crippen molar-refractivity contribution in [1.82, 2.24) is 9.03 Å². The molecule has 0 aromatic heterocycles. The molecule has 13 heteroatoms. The van der Waals surface area contributed by atoms with E-state index in [1.54, 1.807) is 37.0 Å². The Bertz CT molecular complexity index is 1290. The predicted molar refractivity (Wildman–Crippen MR) is 143 cm³/mol. The molecule has 1 heterocycles. The normalized spacial score (nSPS) is 16.5. The number of nitrogens with one attached hydrogen (secondary N) is 2. The molecule has 0 fully saturated rings. The number of aliphatic carboxylic acids is 1. The number of nitrogens with zero attached hydrogens (tertiary/aromatic N) is 1. The highest BCUT2D eigenvalue weighted by Gasteiger charge is 2.40. The Hall–Kier alpha value is -2.74. The molecule has 1 amide bonds. The number of hydrogen-bond donors (Lipinski definition) is 3. The number of rotatable bonds is 11. The number of carbonyl (C=O) groups is 2. The fourth-order valence-corrected chi connectivity index (χ4v) is 6.99. The summed E-state index contributed by atoms with van der Waals surface area (Å²) >= 11 is 0. The minimum atomic E-state index is -4.22. The molecule has 2 aromatic carbocycles. The van der Waals surface area contributed by atoms with Gasteiger partial charge < -0.3 is 15.2 Å². The van der Waals surface area contributed by atoms with E-state index in [2.05, 4.69) is 10.0 Å². The summed E-state index contributed by atoms with van der Waals surface area (Å²) in [5.41, 5.74) is 0.976. The largest absolute Gasteiger partial charge is 0.494 e. The van der Waals surface area contributed by atoms with E-state index in [1.807, 2.05) is 6.92 Å². The zero-order valence-corrected chi connectivity index (χ0v) is 23.3. The van der Waals surface area contributed by atoms with Crippen molar-refractivity contribution in [2.45, 2.75) is 37.1 Å². The lowest BCUT2D eigenvalue weighted by molar-refractivity contribution is -0.137. The van der Waals surface area contributed by atoms with Crippen LogP contribution >= 0.6 is 10.0 Å². The van der Waals surface area contributed by atoms with Crippen molar-refractivity contribution >= 4 is 37.8 Å². The molecular weight excluding hydrogens is 540 g/mol. The molecule has 0 saturated heterocycles. The van der Waals surface area contributed by atoms with Crippen LogP contribution < -0.4 is 14.8 Å². The van der Waals surface area contributed by atoms with Crippen LogP contribution in [0.4, 0.5) is 14.5 Å². The van der Waals surface area contributed by atoms with Crippen LogP contribution in [0.25, 0.3) is 0 Å². The Morgan fingerprint density at radius 1 is 1.13 bits per heavy atom. The van der Waals surface area contributed by atoms with Gasteiger partial charge in [0.25, 0.3) is 10.2 Å². The van der Waals surface area contributed by atoms with Gasteiger partial charge in [-0.2, -0.15) is 12.7 Å². The average molecular weight is 574 g/mol. The highest BCUT2D eigenvalue weighted by Crippen LogP contribution is 2.48. The molecule has 0 unspecified atom stereocenters. The van der Waals surface area contributed by atoms with E-state index in [-0.39, 0.29) is 36.5 Å². The minimum absolute atomic E-state index is 0.0447. The highest BCUT2D eigenvalue weighted by atomic mass is 32.3. The number of halogens is 2. The molecule has 3 N–H and O–H groups in total. The lowest BCUT2D eigenvalue weighted by Gasteiger charge is -2.35. The van der Waals surface area contributed by atoms with E-state index in [1.165, 1.54) is 0 Å². The van der Waals surface area contributed by atoms with Gasteiger partial charge in [-0.25, -0.2) is 23.5 Å². The van der Waals surface area contributed by atoms with Crippen molar-refractivity contribution in [2.75, 3.05) is 43.8 Å². The fraction of sp³-hybridized carbons (Fsp3) is 0.440. The molecule has 210 valence electrons. The van der Waals surface area contributed by atoms with E-state index in [0.717, 1.165) is 16.4 Å². The molecule has 1 aliphatic heterocycles. The smallest absolute Gasteiger partial charge is 0.303 e. The van der Waals surface area contributed by atoms with E-state index < -0.39 is 49.8 Å². The van der Waals surface area contributed by atoms with Crippen LogP contribution in [0.15, 0.2) is 35.2 Å². The van der Waals surface area contributed by atoms with Crippen LogP contribution in [-0.2, 0) is 26.2 Å². The van der Waals surface area contributed by atoms with Gasteiger partial charge in [-0.15, -0.1) is 0 Å². The van der Waals surface area contributed by atoms with Gasteiger partial charge in [0.15, 0.2) is 0 Å². The second kappa shape index (κ2) is 12.0. The van der Waals surface area contributed by atoms with Gasteiger partial charge >= 0.3 is 5.97 Å². The van der Waals surface area contributed by atoms with E-state index >= 15 is 0 Å². The topological polar surface area (TPSA) is 125 Å². The van der Waals surface area contributed by atoms with Crippen LogP contribution in [0.5, 0.6) is 5.75 Å². The van der Waals surface area contributed by atoms with E-state index in [9.17, 15) is 26.8 Å². The van der Waals surface area contributed by atoms with E-state index in [0.29, 0.717) is 29.9 Å². The summed E-state index contributed by atoms with van der Waals surface area (Å²) in [6.07, 6.45) is 5.37. The molecule has 3 rings (SSSR count). The molecule has 0 saturated carbocycles. The third kappa shape index (κ3) is 7.01. The standard InChI is InChI=1S/C25H33F2N3O6S2/c1-5-36-18-8-9-19-16(13-18)10-12-30(38(34,35)28-11-6-7-22(31)32)23(19)25(33)29-17-14-20(26)24(21(27)15-17)37(2,3)4/h8-9,13-15,23,28H,5-7,10-12H2,1-4H3,(H,29,33)(H,31,32)/t23-/m1/s1. The van der Waals surface area contributed by atoms with Gasteiger partial charge in [0.1, 0.15) is 23.4 Å². The molecule has 0 bridgehead atoms. The summed E-state index contributed by atoms with van der Waals surface area (Å²) in [4.78, 5) is 24.3. The van der Waals surface area contributed by atoms with Crippen molar-refractivity contribution < 1.29 is 36.6 Å². The highest BCUT2D eigenvalue weighted by molar-refractivity contribution is 8.32. The van der Waals surface area contributed by atoms with Gasteiger partial charge in [0, 0.05) is 25.2 Å². The first kappa shape index (κ1) is 29.8. The van der Waals surface area contributed by atoms with Crippen molar-refractivity contribution in [3.63, 3.8) is 0 Å².